The largest absolute Gasteiger partial charge is 0.463 e. The van der Waals surface area contributed by atoms with E-state index in [-0.39, 0.29) is 19.2 Å². The van der Waals surface area contributed by atoms with E-state index in [1.54, 1.807) is 0 Å². The van der Waals surface area contributed by atoms with Gasteiger partial charge < -0.3 is 20.1 Å². The molecule has 0 aromatic rings. The zero-order valence-corrected chi connectivity index (χ0v) is 13.3. The molecule has 0 aliphatic rings. The van der Waals surface area contributed by atoms with Gasteiger partial charge in [-0.15, -0.1) is 0 Å². The summed E-state index contributed by atoms with van der Waals surface area (Å²) in [6.07, 6.45) is 10.3. The van der Waals surface area contributed by atoms with E-state index in [2.05, 4.69) is 13.5 Å². The maximum absolute atomic E-state index is 10.7. The van der Waals surface area contributed by atoms with E-state index in [1.165, 1.54) is 44.6 Å². The highest BCUT2D eigenvalue weighted by Crippen LogP contribution is 2.08. The molecule has 0 heterocycles. The average Bonchev–Trinajstić information content (AvgIpc) is 2.52. The fourth-order valence-electron chi connectivity index (χ4n) is 1.53. The monoisotopic (exact) mass is 304 g/mol. The number of unbranched alkanes of at least 4 members (excludes halogenated alkanes) is 7. The Kier molecular flexibility index (Phi) is 20.3. The van der Waals surface area contributed by atoms with Gasteiger partial charge in [0.25, 0.3) is 0 Å². The van der Waals surface area contributed by atoms with Crippen molar-refractivity contribution in [2.24, 2.45) is 0 Å². The highest BCUT2D eigenvalue weighted by atomic mass is 16.5. The first-order chi connectivity index (χ1) is 10.1. The molecule has 0 fully saturated rings. The summed E-state index contributed by atoms with van der Waals surface area (Å²) in [6, 6.07) is 0. The molecular weight excluding hydrogens is 272 g/mol. The predicted molar refractivity (Wildman–Crippen MR) is 83.9 cm³/mol. The molecule has 0 atom stereocenters. The molecule has 3 N–H and O–H groups in total. The molecule has 0 aliphatic carbocycles. The zero-order chi connectivity index (χ0) is 16.3. The van der Waals surface area contributed by atoms with E-state index in [4.69, 9.17) is 20.1 Å². The molecule has 126 valence electrons. The van der Waals surface area contributed by atoms with Gasteiger partial charge in [-0.1, -0.05) is 58.4 Å². The predicted octanol–water partition coefficient (Wildman–Crippen LogP) is 2.19. The van der Waals surface area contributed by atoms with Crippen molar-refractivity contribution in [3.05, 3.63) is 12.7 Å². The average molecular weight is 304 g/mol. The minimum Gasteiger partial charge on any atom is -0.463 e. The summed E-state index contributed by atoms with van der Waals surface area (Å²) in [5, 5.41) is 24.0. The fourth-order valence-corrected chi connectivity index (χ4v) is 1.53. The summed E-state index contributed by atoms with van der Waals surface area (Å²) < 4.78 is 4.88. The Labute approximate surface area is 128 Å². The summed E-state index contributed by atoms with van der Waals surface area (Å²) in [5.74, 6) is -0.307. The van der Waals surface area contributed by atoms with E-state index in [0.717, 1.165) is 12.8 Å². The molecule has 0 aromatic carbocycles. The lowest BCUT2D eigenvalue weighted by Crippen LogP contribution is -2.15. The standard InChI is InChI=1S/C13H24O2.C3H8O3/c1-3-5-6-7-8-9-10-11-12-15-13(14)4-2;4-1-3(6)2-5/h4H,2-3,5-12H2,1H3;3-6H,1-2H2. The number of esters is 1. The molecule has 0 rings (SSSR count). The Balaban J connectivity index is 0. The zero-order valence-electron chi connectivity index (χ0n) is 13.3. The smallest absolute Gasteiger partial charge is 0.330 e. The van der Waals surface area contributed by atoms with Gasteiger partial charge in [0.1, 0.15) is 6.10 Å². The van der Waals surface area contributed by atoms with Gasteiger partial charge in [0.2, 0.25) is 0 Å². The highest BCUT2D eigenvalue weighted by molar-refractivity contribution is 5.81. The van der Waals surface area contributed by atoms with Crippen LogP contribution in [0.15, 0.2) is 12.7 Å². The maximum Gasteiger partial charge on any atom is 0.330 e. The quantitative estimate of drug-likeness (QED) is 0.292. The van der Waals surface area contributed by atoms with E-state index >= 15 is 0 Å². The topological polar surface area (TPSA) is 87.0 Å². The molecule has 0 unspecified atom stereocenters. The Morgan fingerprint density at radius 3 is 1.90 bits per heavy atom. The summed E-state index contributed by atoms with van der Waals surface area (Å²) in [6.45, 7) is 5.39. The summed E-state index contributed by atoms with van der Waals surface area (Å²) in [5.41, 5.74) is 0. The third-order valence-electron chi connectivity index (χ3n) is 2.83. The van der Waals surface area contributed by atoms with E-state index in [1.807, 2.05) is 0 Å². The van der Waals surface area contributed by atoms with Crippen molar-refractivity contribution in [3.63, 3.8) is 0 Å². The van der Waals surface area contributed by atoms with Crippen LogP contribution < -0.4 is 0 Å². The minimum atomic E-state index is -0.954. The Hall–Kier alpha value is -0.910. The van der Waals surface area contributed by atoms with Crippen LogP contribution in [0.1, 0.15) is 58.3 Å². The van der Waals surface area contributed by atoms with Crippen LogP contribution in [0.5, 0.6) is 0 Å². The Morgan fingerprint density at radius 1 is 1.05 bits per heavy atom. The van der Waals surface area contributed by atoms with Crippen molar-refractivity contribution in [2.75, 3.05) is 19.8 Å². The normalized spacial score (nSPS) is 9.95. The van der Waals surface area contributed by atoms with Crippen LogP contribution in [0.3, 0.4) is 0 Å². The van der Waals surface area contributed by atoms with Gasteiger partial charge >= 0.3 is 5.97 Å². The van der Waals surface area contributed by atoms with Crippen molar-refractivity contribution in [3.8, 4) is 0 Å². The third kappa shape index (κ3) is 21.5. The fraction of sp³-hybridized carbons (Fsp3) is 0.812. The summed E-state index contributed by atoms with van der Waals surface area (Å²) >= 11 is 0. The van der Waals surface area contributed by atoms with Crippen LogP contribution in [0.4, 0.5) is 0 Å². The Bertz CT molecular complexity index is 227. The van der Waals surface area contributed by atoms with E-state index in [9.17, 15) is 4.79 Å². The number of aliphatic hydroxyl groups is 3. The van der Waals surface area contributed by atoms with E-state index in [0.29, 0.717) is 6.61 Å². The van der Waals surface area contributed by atoms with Gasteiger partial charge in [-0.25, -0.2) is 4.79 Å². The van der Waals surface area contributed by atoms with Gasteiger partial charge in [0.05, 0.1) is 19.8 Å². The van der Waals surface area contributed by atoms with Crippen LogP contribution in [0, 0.1) is 0 Å². The first-order valence-corrected chi connectivity index (χ1v) is 7.81. The number of carbonyl (C=O) groups is 1. The molecule has 0 bridgehead atoms. The van der Waals surface area contributed by atoms with Gasteiger partial charge in [0.15, 0.2) is 0 Å². The SMILES string of the molecule is C=CC(=O)OCCCCCCCCCC.OCC(O)CO. The molecule has 21 heavy (non-hydrogen) atoms. The molecule has 5 nitrogen and oxygen atoms in total. The van der Waals surface area contributed by atoms with Crippen LogP contribution in [0.2, 0.25) is 0 Å². The lowest BCUT2D eigenvalue weighted by atomic mass is 10.1. The number of hydrogen-bond acceptors (Lipinski definition) is 5. The van der Waals surface area contributed by atoms with Gasteiger partial charge in [-0.2, -0.15) is 0 Å². The van der Waals surface area contributed by atoms with Crippen LogP contribution in [0.25, 0.3) is 0 Å². The first-order valence-electron chi connectivity index (χ1n) is 7.81. The lowest BCUT2D eigenvalue weighted by Gasteiger charge is -2.02. The van der Waals surface area contributed by atoms with Crippen LogP contribution >= 0.6 is 0 Å². The number of rotatable bonds is 12. The highest BCUT2D eigenvalue weighted by Gasteiger charge is 1.95. The van der Waals surface area contributed by atoms with Crippen molar-refractivity contribution >= 4 is 5.97 Å². The second-order valence-electron chi connectivity index (χ2n) is 4.87. The van der Waals surface area contributed by atoms with Crippen molar-refractivity contribution < 1.29 is 24.9 Å². The van der Waals surface area contributed by atoms with Crippen molar-refractivity contribution in [1.82, 2.24) is 0 Å². The molecule has 0 spiro atoms. The van der Waals surface area contributed by atoms with E-state index < -0.39 is 6.10 Å². The second kappa shape index (κ2) is 19.1. The minimum absolute atomic E-state index is 0.307. The number of ether oxygens (including phenoxy) is 1. The molecule has 5 heteroatoms. The molecule has 0 saturated heterocycles. The van der Waals surface area contributed by atoms with Gasteiger partial charge in [0, 0.05) is 6.08 Å². The molecule has 0 aromatic heterocycles. The van der Waals surface area contributed by atoms with Gasteiger partial charge in [-0.05, 0) is 6.42 Å². The summed E-state index contributed by atoms with van der Waals surface area (Å²) in [4.78, 5) is 10.7. The Morgan fingerprint density at radius 2 is 1.52 bits per heavy atom. The lowest BCUT2D eigenvalue weighted by molar-refractivity contribution is -0.137. The van der Waals surface area contributed by atoms with Gasteiger partial charge in [-0.3, -0.25) is 0 Å². The molecule has 0 radical (unpaired) electrons. The van der Waals surface area contributed by atoms with Crippen molar-refractivity contribution in [1.29, 1.82) is 0 Å². The second-order valence-corrected chi connectivity index (χ2v) is 4.87. The number of carbonyl (C=O) groups excluding carboxylic acids is 1. The number of aliphatic hydroxyl groups excluding tert-OH is 3. The molecule has 0 amide bonds. The van der Waals surface area contributed by atoms with Crippen LogP contribution in [-0.2, 0) is 9.53 Å². The van der Waals surface area contributed by atoms with Crippen LogP contribution in [-0.4, -0.2) is 47.2 Å². The number of hydrogen-bond donors (Lipinski definition) is 3. The molecule has 0 saturated carbocycles. The van der Waals surface area contributed by atoms with Crippen molar-refractivity contribution in [2.45, 2.75) is 64.4 Å². The summed E-state index contributed by atoms with van der Waals surface area (Å²) in [7, 11) is 0. The third-order valence-corrected chi connectivity index (χ3v) is 2.83. The first kappa shape index (κ1) is 22.4. The maximum atomic E-state index is 10.7. The molecule has 0 aliphatic heterocycles. The molecular formula is C16H32O5.